The van der Waals surface area contributed by atoms with Gasteiger partial charge in [0.25, 0.3) is 0 Å². The smallest absolute Gasteiger partial charge is 0.406 e. The monoisotopic (exact) mass is 368 g/mol. The summed E-state index contributed by atoms with van der Waals surface area (Å²) in [5.74, 6) is -3.41. The summed E-state index contributed by atoms with van der Waals surface area (Å²) < 4.78 is 115. The van der Waals surface area contributed by atoms with Gasteiger partial charge in [0, 0.05) is 44.7 Å². The lowest BCUT2D eigenvalue weighted by Crippen LogP contribution is -2.54. The third kappa shape index (κ3) is 5.54. The van der Waals surface area contributed by atoms with Gasteiger partial charge in [-0.3, -0.25) is 9.59 Å². The van der Waals surface area contributed by atoms with E-state index in [1.165, 1.54) is 0 Å². The maximum atomic E-state index is 12.8. The van der Waals surface area contributed by atoms with E-state index < -0.39 is 67.7 Å². The minimum Gasteiger partial charge on any atom is -0.406 e. The van der Waals surface area contributed by atoms with Gasteiger partial charge in [0.1, 0.15) is 11.8 Å². The number of nitrogens with one attached hydrogen (secondary N) is 1. The third-order valence-corrected chi connectivity index (χ3v) is 2.80. The van der Waals surface area contributed by atoms with Crippen molar-refractivity contribution < 1.29 is 39.8 Å². The molecule has 1 aliphatic heterocycles. The summed E-state index contributed by atoms with van der Waals surface area (Å²) in [5, 5.41) is 2.08. The number of carbonyl (C=O) groups excluding carboxylic acids is 2. The van der Waals surface area contributed by atoms with Gasteiger partial charge in [0.2, 0.25) is 11.8 Å². The van der Waals surface area contributed by atoms with Crippen molar-refractivity contribution in [3.63, 3.8) is 0 Å². The zero-order valence-electron chi connectivity index (χ0n) is 22.1. The fraction of sp³-hybridized carbons (Fsp3) is 0.500. The van der Waals surface area contributed by atoms with E-state index >= 15 is 0 Å². The lowest BCUT2D eigenvalue weighted by Gasteiger charge is -2.37. The van der Waals surface area contributed by atoms with Crippen molar-refractivity contribution in [3.05, 3.63) is 24.2 Å². The van der Waals surface area contributed by atoms with Crippen molar-refractivity contribution in [1.82, 2.24) is 10.2 Å². The summed E-state index contributed by atoms with van der Waals surface area (Å²) in [6.07, 6.45) is -5.26. The third-order valence-electron chi connectivity index (χ3n) is 2.80. The van der Waals surface area contributed by atoms with E-state index in [-0.39, 0.29) is 9.80 Å². The molecule has 0 aromatic heterocycles. The summed E-state index contributed by atoms with van der Waals surface area (Å²) in [6.45, 7) is -12.3. The maximum Gasteiger partial charge on any atom is 0.573 e. The summed E-state index contributed by atoms with van der Waals surface area (Å²) in [7, 11) is 0. The molecule has 6 nitrogen and oxygen atoms in total. The number of halogens is 3. The zero-order valence-corrected chi connectivity index (χ0v) is 13.1. The molecule has 2 rings (SSSR count). The molecule has 1 aromatic rings. The van der Waals surface area contributed by atoms with Crippen LogP contribution >= 0.6 is 0 Å². The van der Waals surface area contributed by atoms with Crippen LogP contribution in [-0.2, 0) is 9.59 Å². The molecule has 0 spiro atoms. The number of rotatable bonds is 4. The molecule has 0 saturated carbocycles. The van der Waals surface area contributed by atoms with Crippen molar-refractivity contribution in [2.24, 2.45) is 0 Å². The molecule has 0 bridgehead atoms. The van der Waals surface area contributed by atoms with Gasteiger partial charge in [-0.2, -0.15) is 0 Å². The van der Waals surface area contributed by atoms with Gasteiger partial charge in [-0.05, 0) is 19.0 Å². The molecule has 0 unspecified atom stereocenters. The number of piperazine rings is 1. The van der Waals surface area contributed by atoms with Crippen molar-refractivity contribution in [3.8, 4) is 5.75 Å². The number of amides is 2. The number of carbonyl (C=O) groups is 2. The van der Waals surface area contributed by atoms with Gasteiger partial charge >= 0.3 is 6.36 Å². The molecule has 25 heavy (non-hydrogen) atoms. The normalized spacial score (nSPS) is 29.7. The largest absolute Gasteiger partial charge is 0.573 e. The average molecular weight is 368 g/mol. The second kappa shape index (κ2) is 7.62. The summed E-state index contributed by atoms with van der Waals surface area (Å²) in [5.41, 5.74) is -0.792. The van der Waals surface area contributed by atoms with E-state index in [9.17, 15) is 22.8 Å². The molecule has 1 atom stereocenters. The Morgan fingerprint density at radius 1 is 1.36 bits per heavy atom. The van der Waals surface area contributed by atoms with Crippen molar-refractivity contribution in [2.75, 3.05) is 30.9 Å². The SMILES string of the molecule is [2H]c1ccc(N2C([2H])([2H])C([2H])([2H])N(C(=O)[C@@H](C)NC(C)=O)C([2H])([2H])C2([2H])[2H])cc1OC(F)(F)F. The number of benzene rings is 1. The van der Waals surface area contributed by atoms with Crippen molar-refractivity contribution in [1.29, 1.82) is 0 Å². The van der Waals surface area contributed by atoms with Crippen molar-refractivity contribution in [2.45, 2.75) is 26.3 Å². The number of nitrogens with zero attached hydrogens (tertiary/aromatic N) is 2. The molecular formula is C16H20F3N3O3. The second-order valence-corrected chi connectivity index (χ2v) is 4.84. The lowest BCUT2D eigenvalue weighted by atomic mass is 10.2. The summed E-state index contributed by atoms with van der Waals surface area (Å²) in [4.78, 5) is 23.7. The quantitative estimate of drug-likeness (QED) is 0.880. The summed E-state index contributed by atoms with van der Waals surface area (Å²) >= 11 is 0. The van der Waals surface area contributed by atoms with Gasteiger partial charge in [0.05, 0.1) is 12.3 Å². The number of anilines is 1. The molecular weight excluding hydrogens is 339 g/mol. The van der Waals surface area contributed by atoms with Crippen molar-refractivity contribution >= 4 is 17.5 Å². The fourth-order valence-electron chi connectivity index (χ4n) is 1.81. The number of ether oxygens (including phenoxy) is 1. The van der Waals surface area contributed by atoms with Crippen LogP contribution in [0.2, 0.25) is 0 Å². The molecule has 1 aliphatic rings. The van der Waals surface area contributed by atoms with Gasteiger partial charge in [-0.15, -0.1) is 13.2 Å². The van der Waals surface area contributed by atoms with E-state index in [1.807, 2.05) is 0 Å². The Hall–Kier alpha value is -2.45. The van der Waals surface area contributed by atoms with Crippen LogP contribution in [0.5, 0.6) is 5.75 Å². The Morgan fingerprint density at radius 3 is 2.56 bits per heavy atom. The van der Waals surface area contributed by atoms with Crippen LogP contribution in [0.25, 0.3) is 0 Å². The molecule has 2 amide bonds. The minimum absolute atomic E-state index is 0.0878. The predicted octanol–water partition coefficient (Wildman–Crippen LogP) is 1.76. The van der Waals surface area contributed by atoms with Gasteiger partial charge < -0.3 is 19.9 Å². The minimum atomic E-state index is -5.26. The molecule has 1 N–H and O–H groups in total. The Morgan fingerprint density at radius 2 is 2.00 bits per heavy atom. The Bertz CT molecular complexity index is 963. The van der Waals surface area contributed by atoms with Crippen LogP contribution in [0.3, 0.4) is 0 Å². The van der Waals surface area contributed by atoms with Crippen LogP contribution in [0.4, 0.5) is 18.9 Å². The molecule has 0 aliphatic carbocycles. The molecule has 138 valence electrons. The molecule has 1 saturated heterocycles. The molecule has 1 aromatic carbocycles. The zero-order chi connectivity index (χ0) is 26.7. The fourth-order valence-corrected chi connectivity index (χ4v) is 1.81. The van der Waals surface area contributed by atoms with Crippen LogP contribution < -0.4 is 15.0 Å². The average Bonchev–Trinajstić information content (AvgIpc) is 2.60. The second-order valence-electron chi connectivity index (χ2n) is 4.84. The number of hydrogen-bond donors (Lipinski definition) is 1. The van der Waals surface area contributed by atoms with Gasteiger partial charge in [-0.1, -0.05) is 6.07 Å². The number of alkyl halides is 3. The highest BCUT2D eigenvalue weighted by Gasteiger charge is 2.31. The Balaban J connectivity index is 2.71. The van der Waals surface area contributed by atoms with Crippen LogP contribution in [0.15, 0.2) is 24.2 Å². The van der Waals surface area contributed by atoms with Gasteiger partial charge in [0.15, 0.2) is 0 Å². The highest BCUT2D eigenvalue weighted by Crippen LogP contribution is 2.27. The Labute approximate surface area is 156 Å². The topological polar surface area (TPSA) is 61.9 Å². The number of hydrogen-bond acceptors (Lipinski definition) is 4. The molecule has 1 heterocycles. The lowest BCUT2D eigenvalue weighted by molar-refractivity contribution is -0.274. The van der Waals surface area contributed by atoms with Crippen LogP contribution in [0, 0.1) is 0 Å². The molecule has 0 radical (unpaired) electrons. The van der Waals surface area contributed by atoms with Gasteiger partial charge in [-0.25, -0.2) is 0 Å². The summed E-state index contributed by atoms with van der Waals surface area (Å²) in [6, 6.07) is -0.495. The van der Waals surface area contributed by atoms with E-state index in [4.69, 9.17) is 12.3 Å². The first-order chi connectivity index (χ1) is 15.1. The van der Waals surface area contributed by atoms with E-state index in [0.717, 1.165) is 19.9 Å². The van der Waals surface area contributed by atoms with E-state index in [1.54, 1.807) is 0 Å². The van der Waals surface area contributed by atoms with Crippen LogP contribution in [-0.4, -0.2) is 55.1 Å². The Kier molecular flexibility index (Phi) is 3.01. The molecule has 9 heteroatoms. The highest BCUT2D eigenvalue weighted by atomic mass is 19.4. The first-order valence-corrected chi connectivity index (χ1v) is 6.87. The van der Waals surface area contributed by atoms with E-state index in [2.05, 4.69) is 10.1 Å². The van der Waals surface area contributed by atoms with Crippen LogP contribution in [0.1, 0.15) is 26.2 Å². The predicted molar refractivity (Wildman–Crippen MR) is 85.2 cm³/mol. The van der Waals surface area contributed by atoms with E-state index in [0.29, 0.717) is 12.1 Å². The molecule has 1 fully saturated rings. The first-order valence-electron chi connectivity index (χ1n) is 11.4. The first kappa shape index (κ1) is 9.88. The highest BCUT2D eigenvalue weighted by molar-refractivity contribution is 5.86. The maximum absolute atomic E-state index is 12.8. The standard InChI is InChI=1S/C16H20F3N3O3/c1-11(20-12(2)23)15(24)22-8-6-21(7-9-22)13-4-3-5-14(10-13)25-16(17,18)19/h3-5,10-11H,6-9H2,1-2H3,(H,20,23)/t11-/m1/s1/i5D,6D2,7D2,8D2,9D2.